The molecule has 0 bridgehead atoms. The molecule has 0 N–H and O–H groups in total. The summed E-state index contributed by atoms with van der Waals surface area (Å²) in [6.45, 7) is 5.90. The zero-order chi connectivity index (χ0) is 33.1. The Morgan fingerprint density at radius 1 is 0.783 bits per heavy atom. The summed E-state index contributed by atoms with van der Waals surface area (Å²) in [7, 11) is 1.22. The van der Waals surface area contributed by atoms with Gasteiger partial charge < -0.3 is 23.7 Å². The lowest BCUT2D eigenvalue weighted by molar-refractivity contribution is -0.144. The Hall–Kier alpha value is -5.71. The number of hydrogen-bond donors (Lipinski definition) is 0. The molecule has 11 heteroatoms. The molecule has 1 aliphatic heterocycles. The van der Waals surface area contributed by atoms with Gasteiger partial charge in [-0.3, -0.25) is 19.3 Å². The fraction of sp³-hybridized carbons (Fsp3) is 0.229. The Morgan fingerprint density at radius 2 is 1.41 bits per heavy atom. The van der Waals surface area contributed by atoms with E-state index in [0.717, 1.165) is 28.0 Å². The van der Waals surface area contributed by atoms with Crippen LogP contribution in [0.25, 0.3) is 11.1 Å². The van der Waals surface area contributed by atoms with Gasteiger partial charge in [-0.05, 0) is 71.6 Å². The highest BCUT2D eigenvalue weighted by atomic mass is 16.6. The number of methoxy groups -OCH3 is 1. The number of ether oxygens (including phenoxy) is 5. The lowest BCUT2D eigenvalue weighted by Gasteiger charge is -2.16. The summed E-state index contributed by atoms with van der Waals surface area (Å²) in [6, 6.07) is 19.2. The molecule has 0 spiro atoms. The van der Waals surface area contributed by atoms with Crippen LogP contribution in [0.5, 0.6) is 17.2 Å². The van der Waals surface area contributed by atoms with Crippen LogP contribution in [-0.2, 0) is 35.1 Å². The maximum Gasteiger partial charge on any atom is 0.343 e. The highest BCUT2D eigenvalue weighted by molar-refractivity contribution is 6.12. The summed E-state index contributed by atoms with van der Waals surface area (Å²) in [5, 5.41) is 0. The van der Waals surface area contributed by atoms with Crippen molar-refractivity contribution < 1.29 is 47.7 Å². The van der Waals surface area contributed by atoms with Crippen molar-refractivity contribution in [2.24, 2.45) is 0 Å². The van der Waals surface area contributed by atoms with Gasteiger partial charge in [0.25, 0.3) is 11.8 Å². The number of amides is 2. The fourth-order valence-electron chi connectivity index (χ4n) is 4.41. The summed E-state index contributed by atoms with van der Waals surface area (Å²) < 4.78 is 26.4. The minimum absolute atomic E-state index is 0.0153. The van der Waals surface area contributed by atoms with E-state index in [0.29, 0.717) is 22.8 Å². The van der Waals surface area contributed by atoms with Crippen LogP contribution in [0.1, 0.15) is 29.3 Å². The van der Waals surface area contributed by atoms with Crippen molar-refractivity contribution in [1.82, 2.24) is 4.90 Å². The molecule has 0 saturated carbocycles. The van der Waals surface area contributed by atoms with Crippen molar-refractivity contribution in [3.63, 3.8) is 0 Å². The Balaban J connectivity index is 1.25. The second kappa shape index (κ2) is 15.8. The maximum atomic E-state index is 12.7. The first-order valence-electron chi connectivity index (χ1n) is 14.4. The third-order valence-corrected chi connectivity index (χ3v) is 6.87. The number of carbonyl (C=O) groups excluding carboxylic acids is 5. The van der Waals surface area contributed by atoms with E-state index < -0.39 is 17.9 Å². The predicted molar refractivity (Wildman–Crippen MR) is 166 cm³/mol. The lowest BCUT2D eigenvalue weighted by atomic mass is 9.98. The van der Waals surface area contributed by atoms with Gasteiger partial charge in [-0.15, -0.1) is 0 Å². The second-order valence-corrected chi connectivity index (χ2v) is 9.96. The predicted octanol–water partition coefficient (Wildman–Crippen LogP) is 4.48. The minimum atomic E-state index is -0.712. The second-order valence-electron chi connectivity index (χ2n) is 9.96. The minimum Gasteiger partial charge on any atom is -0.492 e. The molecular weight excluding hydrogens is 594 g/mol. The number of hydrogen-bond acceptors (Lipinski definition) is 10. The number of nitrogens with zero attached hydrogens (tertiary/aromatic N) is 1. The summed E-state index contributed by atoms with van der Waals surface area (Å²) in [5.74, 6) is -1.04. The van der Waals surface area contributed by atoms with Crippen LogP contribution in [-0.4, -0.2) is 68.1 Å². The topological polar surface area (TPSA) is 135 Å². The van der Waals surface area contributed by atoms with E-state index in [1.54, 1.807) is 36.4 Å². The van der Waals surface area contributed by atoms with E-state index in [9.17, 15) is 24.0 Å². The molecule has 0 unspecified atom stereocenters. The van der Waals surface area contributed by atoms with Gasteiger partial charge in [0, 0.05) is 17.7 Å². The van der Waals surface area contributed by atoms with Gasteiger partial charge in [-0.1, -0.05) is 31.7 Å². The molecule has 0 saturated heterocycles. The maximum absolute atomic E-state index is 12.7. The van der Waals surface area contributed by atoms with Gasteiger partial charge in [-0.2, -0.15) is 0 Å². The molecule has 0 aliphatic carbocycles. The third-order valence-electron chi connectivity index (χ3n) is 6.87. The van der Waals surface area contributed by atoms with Crippen LogP contribution in [0.2, 0.25) is 0 Å². The molecule has 0 radical (unpaired) electrons. The summed E-state index contributed by atoms with van der Waals surface area (Å²) in [6.07, 6.45) is 2.98. The van der Waals surface area contributed by atoms with Crippen molar-refractivity contribution in [3.05, 3.63) is 102 Å². The third kappa shape index (κ3) is 8.91. The zero-order valence-electron chi connectivity index (χ0n) is 25.5. The average Bonchev–Trinajstić information content (AvgIpc) is 3.39. The average molecular weight is 628 g/mol. The summed E-state index contributed by atoms with van der Waals surface area (Å²) in [5.41, 5.74) is 3.28. The molecule has 0 fully saturated rings. The monoisotopic (exact) mass is 627 g/mol. The Bertz CT molecular complexity index is 1620. The van der Waals surface area contributed by atoms with E-state index >= 15 is 0 Å². The van der Waals surface area contributed by atoms with Crippen molar-refractivity contribution in [1.29, 1.82) is 0 Å². The molecule has 0 aromatic heterocycles. The van der Waals surface area contributed by atoms with Crippen molar-refractivity contribution in [2.75, 3.05) is 33.5 Å². The van der Waals surface area contributed by atoms with Gasteiger partial charge >= 0.3 is 17.9 Å². The van der Waals surface area contributed by atoms with Gasteiger partial charge in [0.15, 0.2) is 0 Å². The molecule has 1 heterocycles. The number of rotatable bonds is 15. The number of benzene rings is 3. The first kappa shape index (κ1) is 33.2. The Morgan fingerprint density at radius 3 is 2.07 bits per heavy atom. The van der Waals surface area contributed by atoms with E-state index in [1.807, 2.05) is 37.3 Å². The van der Waals surface area contributed by atoms with Gasteiger partial charge in [0.2, 0.25) is 0 Å². The molecule has 3 aromatic rings. The van der Waals surface area contributed by atoms with E-state index in [4.69, 9.17) is 18.9 Å². The SMILES string of the molecule is C=C(CC(=O)OC)C(=O)OCCOc1ccc(C(=O)Oc2ccc(-c3ccc(OCCN4C(=O)C=CC4=O)cc3CC)cc2)cc1. The first-order valence-corrected chi connectivity index (χ1v) is 14.4. The highest BCUT2D eigenvalue weighted by Crippen LogP contribution is 2.30. The van der Waals surface area contributed by atoms with Crippen LogP contribution in [0.4, 0.5) is 0 Å². The molecule has 11 nitrogen and oxygen atoms in total. The molecule has 238 valence electrons. The van der Waals surface area contributed by atoms with Gasteiger partial charge in [0.1, 0.15) is 37.1 Å². The van der Waals surface area contributed by atoms with Crippen LogP contribution < -0.4 is 14.2 Å². The van der Waals surface area contributed by atoms with Crippen molar-refractivity contribution in [3.8, 4) is 28.4 Å². The summed E-state index contributed by atoms with van der Waals surface area (Å²) >= 11 is 0. The van der Waals surface area contributed by atoms with Gasteiger partial charge in [0.05, 0.1) is 25.6 Å². The first-order chi connectivity index (χ1) is 22.2. The van der Waals surface area contributed by atoms with Crippen molar-refractivity contribution >= 4 is 29.7 Å². The molecule has 46 heavy (non-hydrogen) atoms. The van der Waals surface area contributed by atoms with Crippen LogP contribution in [0, 0.1) is 0 Å². The molecular formula is C35H33NO10. The van der Waals surface area contributed by atoms with Crippen LogP contribution in [0.3, 0.4) is 0 Å². The zero-order valence-corrected chi connectivity index (χ0v) is 25.5. The molecule has 0 atom stereocenters. The van der Waals surface area contributed by atoms with E-state index in [-0.39, 0.29) is 50.2 Å². The van der Waals surface area contributed by atoms with E-state index in [2.05, 4.69) is 11.3 Å². The molecule has 4 rings (SSSR count). The van der Waals surface area contributed by atoms with Crippen LogP contribution >= 0.6 is 0 Å². The number of carbonyl (C=O) groups is 5. The molecule has 2 amide bonds. The van der Waals surface area contributed by atoms with Crippen molar-refractivity contribution in [2.45, 2.75) is 19.8 Å². The fourth-order valence-corrected chi connectivity index (χ4v) is 4.41. The summed E-state index contributed by atoms with van der Waals surface area (Å²) in [4.78, 5) is 60.3. The largest absolute Gasteiger partial charge is 0.492 e. The normalized spacial score (nSPS) is 12.1. The molecule has 3 aromatic carbocycles. The van der Waals surface area contributed by atoms with E-state index in [1.165, 1.54) is 19.3 Å². The van der Waals surface area contributed by atoms with Gasteiger partial charge in [-0.25, -0.2) is 9.59 Å². The quantitative estimate of drug-likeness (QED) is 0.0780. The lowest BCUT2D eigenvalue weighted by Crippen LogP contribution is -2.33. The Labute approximate surface area is 265 Å². The standard InChI is InChI=1S/C35H33NO10/c1-4-24-22-29(43-18-17-36-31(37)15-16-32(36)38)13-14-30(24)25-5-11-28(12-6-25)46-35(41)26-7-9-27(10-8-26)44-19-20-45-34(40)23(2)21-33(39)42-3/h5-16,22H,2,4,17-21H2,1,3H3. The number of aryl methyl sites for hydroxylation is 1. The number of esters is 3. The smallest absolute Gasteiger partial charge is 0.343 e. The highest BCUT2D eigenvalue weighted by Gasteiger charge is 2.23. The van der Waals surface area contributed by atoms with Crippen LogP contribution in [0.15, 0.2) is 91.0 Å². The number of imide groups is 1. The Kier molecular flexibility index (Phi) is 11.4. The molecule has 1 aliphatic rings.